The molecule has 0 radical (unpaired) electrons. The van der Waals surface area contributed by atoms with Crippen molar-refractivity contribution >= 4 is 10.1 Å². The molecule has 6 atom stereocenters. The van der Waals surface area contributed by atoms with Gasteiger partial charge in [-0.15, -0.1) is 0 Å². The van der Waals surface area contributed by atoms with Crippen molar-refractivity contribution in [1.29, 1.82) is 0 Å². The molecule has 0 spiro atoms. The summed E-state index contributed by atoms with van der Waals surface area (Å²) >= 11 is 0. The van der Waals surface area contributed by atoms with Crippen molar-refractivity contribution in [3.05, 3.63) is 0 Å². The molecule has 0 aromatic rings. The lowest BCUT2D eigenvalue weighted by molar-refractivity contribution is -0.296. The summed E-state index contributed by atoms with van der Waals surface area (Å²) in [5.41, 5.74) is 0. The topological polar surface area (TPSA) is 174 Å². The average molecular weight is 318 g/mol. The molecule has 10 nitrogen and oxygen atoms in total. The third-order valence-electron chi connectivity index (χ3n) is 2.71. The summed E-state index contributed by atoms with van der Waals surface area (Å²) in [6.45, 7) is -1.05. The zero-order valence-electron chi connectivity index (χ0n) is 10.3. The summed E-state index contributed by atoms with van der Waals surface area (Å²) < 4.78 is 40.0. The number of aliphatic hydroxyl groups is 5. The first-order valence-electron chi connectivity index (χ1n) is 5.71. The molecule has 0 aliphatic carbocycles. The summed E-state index contributed by atoms with van der Waals surface area (Å²) in [5, 5.41) is 46.4. The summed E-state index contributed by atoms with van der Waals surface area (Å²) in [7, 11) is -4.48. The predicted molar refractivity (Wildman–Crippen MR) is 62.1 cm³/mol. The van der Waals surface area contributed by atoms with Gasteiger partial charge >= 0.3 is 0 Å². The van der Waals surface area contributed by atoms with Gasteiger partial charge in [-0.2, -0.15) is 8.42 Å². The fourth-order valence-electron chi connectivity index (χ4n) is 1.66. The van der Waals surface area contributed by atoms with Crippen molar-refractivity contribution in [1.82, 2.24) is 0 Å². The van der Waals surface area contributed by atoms with Gasteiger partial charge in [0, 0.05) is 0 Å². The Morgan fingerprint density at radius 1 is 1.15 bits per heavy atom. The van der Waals surface area contributed by atoms with Gasteiger partial charge < -0.3 is 35.0 Å². The van der Waals surface area contributed by atoms with Gasteiger partial charge in [0.05, 0.1) is 13.2 Å². The van der Waals surface area contributed by atoms with Crippen molar-refractivity contribution in [3.8, 4) is 0 Å². The Morgan fingerprint density at radius 3 is 2.25 bits per heavy atom. The van der Waals surface area contributed by atoms with Crippen LogP contribution in [0.4, 0.5) is 0 Å². The highest BCUT2D eigenvalue weighted by Gasteiger charge is 2.45. The second-order valence-corrected chi connectivity index (χ2v) is 5.93. The van der Waals surface area contributed by atoms with Gasteiger partial charge in [-0.05, 0) is 0 Å². The molecule has 0 aromatic carbocycles. The van der Waals surface area contributed by atoms with Crippen LogP contribution in [0.25, 0.3) is 0 Å². The third-order valence-corrected chi connectivity index (χ3v) is 3.46. The number of hydrogen-bond donors (Lipinski definition) is 6. The Kier molecular flexibility index (Phi) is 6.25. The molecule has 1 saturated heterocycles. The average Bonchev–Trinajstić information content (AvgIpc) is 2.36. The van der Waals surface area contributed by atoms with Gasteiger partial charge in [0.25, 0.3) is 10.1 Å². The molecule has 1 aliphatic heterocycles. The molecule has 1 heterocycles. The van der Waals surface area contributed by atoms with E-state index in [1.54, 1.807) is 0 Å². The second kappa shape index (κ2) is 7.06. The van der Waals surface area contributed by atoms with Crippen LogP contribution in [0.3, 0.4) is 0 Å². The fraction of sp³-hybridized carbons (Fsp3) is 1.00. The first kappa shape index (κ1) is 17.7. The van der Waals surface area contributed by atoms with Crippen LogP contribution in [-0.2, 0) is 19.6 Å². The van der Waals surface area contributed by atoms with E-state index < -0.39 is 65.9 Å². The first-order valence-corrected chi connectivity index (χ1v) is 7.32. The summed E-state index contributed by atoms with van der Waals surface area (Å²) in [6.07, 6.45) is -9.48. The molecule has 0 amide bonds. The molecule has 1 fully saturated rings. The molecule has 20 heavy (non-hydrogen) atoms. The maximum Gasteiger partial charge on any atom is 0.267 e. The molecule has 1 unspecified atom stereocenters. The van der Waals surface area contributed by atoms with Gasteiger partial charge in [0.2, 0.25) is 0 Å². The summed E-state index contributed by atoms with van der Waals surface area (Å²) in [5.74, 6) is -1.000. The van der Waals surface area contributed by atoms with Gasteiger partial charge in [-0.3, -0.25) is 4.55 Å². The van der Waals surface area contributed by atoms with E-state index in [1.807, 2.05) is 0 Å². The lowest BCUT2D eigenvalue weighted by Crippen LogP contribution is -2.60. The van der Waals surface area contributed by atoms with E-state index in [-0.39, 0.29) is 0 Å². The Balaban J connectivity index is 2.70. The maximum absolute atomic E-state index is 10.8. The van der Waals surface area contributed by atoms with Gasteiger partial charge in [-0.25, -0.2) is 0 Å². The molecule has 1 aliphatic rings. The summed E-state index contributed by atoms with van der Waals surface area (Å²) in [4.78, 5) is 0. The van der Waals surface area contributed by atoms with E-state index in [2.05, 4.69) is 0 Å². The monoisotopic (exact) mass is 318 g/mol. The lowest BCUT2D eigenvalue weighted by Gasteiger charge is -2.40. The van der Waals surface area contributed by atoms with E-state index in [0.29, 0.717) is 0 Å². The highest BCUT2D eigenvalue weighted by atomic mass is 32.2. The van der Waals surface area contributed by atoms with Crippen LogP contribution in [0.15, 0.2) is 0 Å². The van der Waals surface area contributed by atoms with Crippen LogP contribution in [-0.4, -0.2) is 94.3 Å². The highest BCUT2D eigenvalue weighted by molar-refractivity contribution is 7.85. The van der Waals surface area contributed by atoms with Crippen LogP contribution < -0.4 is 0 Å². The van der Waals surface area contributed by atoms with Gasteiger partial charge in [0.1, 0.15) is 36.3 Å². The van der Waals surface area contributed by atoms with Crippen LogP contribution in [0.5, 0.6) is 0 Å². The Labute approximate surface area is 114 Å². The van der Waals surface area contributed by atoms with Crippen molar-refractivity contribution in [2.45, 2.75) is 36.8 Å². The Hall–Kier alpha value is -0.370. The number of aliphatic hydroxyl groups excluding tert-OH is 5. The maximum atomic E-state index is 10.8. The molecular formula is C9H18O10S. The minimum Gasteiger partial charge on any atom is -0.394 e. The minimum absolute atomic E-state index is 0.445. The number of ether oxygens (including phenoxy) is 2. The molecule has 6 N–H and O–H groups in total. The Morgan fingerprint density at radius 2 is 1.75 bits per heavy atom. The van der Waals surface area contributed by atoms with Crippen molar-refractivity contribution in [3.63, 3.8) is 0 Å². The lowest BCUT2D eigenvalue weighted by atomic mass is 10.00. The van der Waals surface area contributed by atoms with E-state index >= 15 is 0 Å². The highest BCUT2D eigenvalue weighted by Crippen LogP contribution is 2.23. The van der Waals surface area contributed by atoms with Crippen LogP contribution in [0, 0.1) is 0 Å². The standard InChI is InChI=1S/C9H18O10S/c10-1-4(11)2-18-9-8(14)7(13)6(12)5(19-9)3-20(15,16)17/h4-14H,1-3H2,(H,15,16,17)/t4?,5-,6-,7+,8-,9+/m1/s1. The molecule has 120 valence electrons. The molecule has 0 saturated carbocycles. The first-order chi connectivity index (χ1) is 9.15. The quantitative estimate of drug-likeness (QED) is 0.265. The third kappa shape index (κ3) is 4.87. The molecule has 0 aromatic heterocycles. The number of rotatable bonds is 6. The minimum atomic E-state index is -4.48. The SMILES string of the molecule is O=S(=O)(O)C[C@H]1O[C@H](OCC(O)CO)[C@H](O)[C@@H](O)[C@@H]1O. The molecule has 1 rings (SSSR count). The zero-order chi connectivity index (χ0) is 15.5. The van der Waals surface area contributed by atoms with E-state index in [9.17, 15) is 23.7 Å². The molecular weight excluding hydrogens is 300 g/mol. The number of hydrogen-bond acceptors (Lipinski definition) is 9. The Bertz CT molecular complexity index is 398. The van der Waals surface area contributed by atoms with E-state index in [4.69, 9.17) is 24.2 Å². The normalized spacial score (nSPS) is 36.8. The largest absolute Gasteiger partial charge is 0.394 e. The fourth-order valence-corrected chi connectivity index (χ4v) is 2.35. The van der Waals surface area contributed by atoms with Crippen molar-refractivity contribution in [2.24, 2.45) is 0 Å². The van der Waals surface area contributed by atoms with Crippen molar-refractivity contribution < 1.29 is 48.0 Å². The van der Waals surface area contributed by atoms with Crippen LogP contribution >= 0.6 is 0 Å². The second-order valence-electron chi connectivity index (χ2n) is 4.43. The van der Waals surface area contributed by atoms with E-state index in [1.165, 1.54) is 0 Å². The van der Waals surface area contributed by atoms with Crippen LogP contribution in [0.2, 0.25) is 0 Å². The molecule has 0 bridgehead atoms. The van der Waals surface area contributed by atoms with Gasteiger partial charge in [0.15, 0.2) is 6.29 Å². The van der Waals surface area contributed by atoms with Crippen LogP contribution in [0.1, 0.15) is 0 Å². The van der Waals surface area contributed by atoms with Gasteiger partial charge in [-0.1, -0.05) is 0 Å². The van der Waals surface area contributed by atoms with E-state index in [0.717, 1.165) is 0 Å². The van der Waals surface area contributed by atoms with Crippen molar-refractivity contribution in [2.75, 3.05) is 19.0 Å². The zero-order valence-corrected chi connectivity index (χ0v) is 11.1. The molecule has 11 heteroatoms. The predicted octanol–water partition coefficient (Wildman–Crippen LogP) is -3.95. The smallest absolute Gasteiger partial charge is 0.267 e. The summed E-state index contributed by atoms with van der Waals surface area (Å²) in [6, 6.07) is 0.